The summed E-state index contributed by atoms with van der Waals surface area (Å²) in [4.78, 5) is 16.3. The van der Waals surface area contributed by atoms with E-state index in [-0.39, 0.29) is 36.1 Å². The first-order chi connectivity index (χ1) is 8.12. The van der Waals surface area contributed by atoms with Crippen LogP contribution in [0.5, 0.6) is 0 Å². The molecule has 0 bridgehead atoms. The van der Waals surface area contributed by atoms with Crippen molar-refractivity contribution in [2.75, 3.05) is 13.1 Å². The molecule has 1 aliphatic rings. The molecule has 2 N–H and O–H groups in total. The first-order valence-electron chi connectivity index (χ1n) is 6.07. The predicted molar refractivity (Wildman–Crippen MR) is 79.8 cm³/mol. The number of rotatable bonds is 3. The van der Waals surface area contributed by atoms with E-state index in [4.69, 9.17) is 0 Å². The fourth-order valence-electron chi connectivity index (χ4n) is 2.19. The lowest BCUT2D eigenvalue weighted by Gasteiger charge is -2.32. The Balaban J connectivity index is 0.00000162. The highest BCUT2D eigenvalue weighted by Gasteiger charge is 2.34. The Labute approximate surface area is 126 Å². The molecule has 7 heteroatoms. The Morgan fingerprint density at radius 3 is 2.84 bits per heavy atom. The average Bonchev–Trinajstić information content (AvgIpc) is 2.73. The van der Waals surface area contributed by atoms with Gasteiger partial charge in [-0.1, -0.05) is 0 Å². The second-order valence-electron chi connectivity index (χ2n) is 4.98. The summed E-state index contributed by atoms with van der Waals surface area (Å²) >= 11 is 0. The number of hydrogen-bond donors (Lipinski definition) is 2. The first kappa shape index (κ1) is 18.2. The Morgan fingerprint density at radius 1 is 1.58 bits per heavy atom. The monoisotopic (exact) mass is 308 g/mol. The SMILES string of the molecule is Cl.Cl.Cn1ccnc1CNC(=O)C1(C)CCCNC1. The molecule has 1 saturated heterocycles. The summed E-state index contributed by atoms with van der Waals surface area (Å²) < 4.78 is 1.92. The molecule has 1 aromatic heterocycles. The maximum atomic E-state index is 12.1. The van der Waals surface area contributed by atoms with Gasteiger partial charge in [0.2, 0.25) is 5.91 Å². The smallest absolute Gasteiger partial charge is 0.227 e. The van der Waals surface area contributed by atoms with E-state index in [1.54, 1.807) is 6.20 Å². The summed E-state index contributed by atoms with van der Waals surface area (Å²) in [6, 6.07) is 0. The molecule has 1 aromatic rings. The minimum Gasteiger partial charge on any atom is -0.348 e. The number of carbonyl (C=O) groups excluding carboxylic acids is 1. The Bertz CT molecular complexity index is 402. The largest absolute Gasteiger partial charge is 0.348 e. The van der Waals surface area contributed by atoms with Crippen molar-refractivity contribution in [3.63, 3.8) is 0 Å². The standard InChI is InChI=1S/C12H20N4O.2ClH/c1-12(4-3-5-13-9-12)11(17)15-8-10-14-6-7-16(10)2;;/h6-7,13H,3-5,8-9H2,1-2H3,(H,15,17);2*1H. The fraction of sp³-hybridized carbons (Fsp3) is 0.667. The molecule has 1 unspecified atom stereocenters. The molecule has 0 radical (unpaired) electrons. The molecule has 5 nitrogen and oxygen atoms in total. The van der Waals surface area contributed by atoms with Crippen molar-refractivity contribution in [1.29, 1.82) is 0 Å². The molecule has 0 aromatic carbocycles. The van der Waals surface area contributed by atoms with E-state index in [1.807, 2.05) is 24.7 Å². The number of nitrogens with one attached hydrogen (secondary N) is 2. The van der Waals surface area contributed by atoms with Crippen LogP contribution in [0.2, 0.25) is 0 Å². The van der Waals surface area contributed by atoms with Crippen molar-refractivity contribution in [3.8, 4) is 0 Å². The summed E-state index contributed by atoms with van der Waals surface area (Å²) in [6.07, 6.45) is 5.63. The molecule has 1 aliphatic heterocycles. The molecule has 1 fully saturated rings. The second kappa shape index (κ2) is 7.72. The van der Waals surface area contributed by atoms with Gasteiger partial charge in [0.1, 0.15) is 5.82 Å². The van der Waals surface area contributed by atoms with Crippen LogP contribution in [-0.2, 0) is 18.4 Å². The molecular weight excluding hydrogens is 287 g/mol. The molecular formula is C12H22Cl2N4O. The van der Waals surface area contributed by atoms with Gasteiger partial charge < -0.3 is 15.2 Å². The first-order valence-corrected chi connectivity index (χ1v) is 6.07. The number of halogens is 2. The summed E-state index contributed by atoms with van der Waals surface area (Å²) in [5.41, 5.74) is -0.274. The van der Waals surface area contributed by atoms with E-state index in [9.17, 15) is 4.79 Å². The van der Waals surface area contributed by atoms with Crippen molar-refractivity contribution >= 4 is 30.7 Å². The van der Waals surface area contributed by atoms with E-state index < -0.39 is 0 Å². The lowest BCUT2D eigenvalue weighted by Crippen LogP contribution is -2.48. The molecule has 1 atom stereocenters. The van der Waals surface area contributed by atoms with Gasteiger partial charge in [-0.05, 0) is 26.3 Å². The Hall–Kier alpha value is -0.780. The molecule has 0 spiro atoms. The predicted octanol–water partition coefficient (Wildman–Crippen LogP) is 1.27. The van der Waals surface area contributed by atoms with E-state index in [0.717, 1.165) is 31.8 Å². The van der Waals surface area contributed by atoms with Crippen LogP contribution < -0.4 is 10.6 Å². The summed E-state index contributed by atoms with van der Waals surface area (Å²) in [5.74, 6) is 0.999. The number of carbonyl (C=O) groups is 1. The maximum absolute atomic E-state index is 12.1. The van der Waals surface area contributed by atoms with Crippen LogP contribution in [0, 0.1) is 5.41 Å². The summed E-state index contributed by atoms with van der Waals surface area (Å²) in [6.45, 7) is 4.30. The van der Waals surface area contributed by atoms with Crippen LogP contribution in [-0.4, -0.2) is 28.5 Å². The third-order valence-electron chi connectivity index (χ3n) is 3.47. The fourth-order valence-corrected chi connectivity index (χ4v) is 2.19. The van der Waals surface area contributed by atoms with Crippen LogP contribution in [0.3, 0.4) is 0 Å². The number of piperidine rings is 1. The van der Waals surface area contributed by atoms with Gasteiger partial charge in [0.15, 0.2) is 0 Å². The van der Waals surface area contributed by atoms with Gasteiger partial charge >= 0.3 is 0 Å². The Kier molecular flexibility index (Phi) is 7.41. The molecule has 110 valence electrons. The minimum absolute atomic E-state index is 0. The van der Waals surface area contributed by atoms with E-state index in [2.05, 4.69) is 15.6 Å². The molecule has 0 saturated carbocycles. The van der Waals surface area contributed by atoms with Gasteiger partial charge in [0.25, 0.3) is 0 Å². The third kappa shape index (κ3) is 4.37. The summed E-state index contributed by atoms with van der Waals surface area (Å²) in [5, 5.41) is 6.25. The number of aromatic nitrogens is 2. The van der Waals surface area contributed by atoms with Gasteiger partial charge in [-0.3, -0.25) is 4.79 Å². The lowest BCUT2D eigenvalue weighted by molar-refractivity contribution is -0.131. The lowest BCUT2D eigenvalue weighted by atomic mass is 9.82. The molecule has 19 heavy (non-hydrogen) atoms. The minimum atomic E-state index is -0.274. The second-order valence-corrected chi connectivity index (χ2v) is 4.98. The highest BCUT2D eigenvalue weighted by atomic mass is 35.5. The van der Waals surface area contributed by atoms with E-state index >= 15 is 0 Å². The van der Waals surface area contributed by atoms with E-state index in [0.29, 0.717) is 6.54 Å². The van der Waals surface area contributed by atoms with Crippen LogP contribution in [0.1, 0.15) is 25.6 Å². The topological polar surface area (TPSA) is 59.0 Å². The van der Waals surface area contributed by atoms with Gasteiger partial charge in [-0.15, -0.1) is 24.8 Å². The van der Waals surface area contributed by atoms with Crippen molar-refractivity contribution in [2.24, 2.45) is 12.5 Å². The van der Waals surface area contributed by atoms with Gasteiger partial charge in [0, 0.05) is 26.0 Å². The number of nitrogens with zero attached hydrogens (tertiary/aromatic N) is 2. The number of aryl methyl sites for hydroxylation is 1. The van der Waals surface area contributed by atoms with Crippen molar-refractivity contribution in [1.82, 2.24) is 20.2 Å². The van der Waals surface area contributed by atoms with Crippen LogP contribution in [0.4, 0.5) is 0 Å². The van der Waals surface area contributed by atoms with Gasteiger partial charge in [-0.25, -0.2) is 4.98 Å². The van der Waals surface area contributed by atoms with Crippen LogP contribution in [0.15, 0.2) is 12.4 Å². The van der Waals surface area contributed by atoms with Gasteiger partial charge in [-0.2, -0.15) is 0 Å². The van der Waals surface area contributed by atoms with Crippen molar-refractivity contribution < 1.29 is 4.79 Å². The normalized spacial score (nSPS) is 22.0. The van der Waals surface area contributed by atoms with Crippen molar-refractivity contribution in [3.05, 3.63) is 18.2 Å². The average molecular weight is 309 g/mol. The molecule has 2 heterocycles. The number of amides is 1. The maximum Gasteiger partial charge on any atom is 0.227 e. The summed E-state index contributed by atoms with van der Waals surface area (Å²) in [7, 11) is 1.93. The van der Waals surface area contributed by atoms with Crippen molar-refractivity contribution in [2.45, 2.75) is 26.3 Å². The highest BCUT2D eigenvalue weighted by Crippen LogP contribution is 2.25. The van der Waals surface area contributed by atoms with E-state index in [1.165, 1.54) is 0 Å². The quantitative estimate of drug-likeness (QED) is 0.884. The zero-order valence-electron chi connectivity index (χ0n) is 11.3. The third-order valence-corrected chi connectivity index (χ3v) is 3.47. The number of hydrogen-bond acceptors (Lipinski definition) is 3. The molecule has 0 aliphatic carbocycles. The molecule has 1 amide bonds. The zero-order chi connectivity index (χ0) is 12.3. The van der Waals surface area contributed by atoms with Crippen LogP contribution in [0.25, 0.3) is 0 Å². The van der Waals surface area contributed by atoms with Crippen LogP contribution >= 0.6 is 24.8 Å². The number of imidazole rings is 1. The van der Waals surface area contributed by atoms with Gasteiger partial charge in [0.05, 0.1) is 12.0 Å². The molecule has 2 rings (SSSR count). The highest BCUT2D eigenvalue weighted by molar-refractivity contribution is 5.85. The zero-order valence-corrected chi connectivity index (χ0v) is 12.9. The Morgan fingerprint density at radius 2 is 2.32 bits per heavy atom.